The highest BCUT2D eigenvalue weighted by molar-refractivity contribution is 5.96. The highest BCUT2D eigenvalue weighted by atomic mass is 16.5. The molecule has 1 unspecified atom stereocenters. The lowest BCUT2D eigenvalue weighted by atomic mass is 9.81. The van der Waals surface area contributed by atoms with Crippen LogP contribution in [0, 0.1) is 23.2 Å². The molecule has 0 heterocycles. The predicted molar refractivity (Wildman–Crippen MR) is 90.7 cm³/mol. The minimum atomic E-state index is -0.585. The van der Waals surface area contributed by atoms with Gasteiger partial charge in [-0.25, -0.2) is 4.79 Å². The number of rotatable bonds is 6. The number of carbonyl (C=O) groups excluding carboxylic acids is 2. The summed E-state index contributed by atoms with van der Waals surface area (Å²) in [5, 5.41) is 0. The van der Waals surface area contributed by atoms with Gasteiger partial charge >= 0.3 is 11.9 Å². The third-order valence-corrected chi connectivity index (χ3v) is 3.56. The standard InChI is InChI=1S/C19H30O4/c1-13(2)11-22-17(20)15-8-7-9-19(5,6)10-16(15)18(21)23-12-14(3)4/h7-9,13-14,16H,10-12H2,1-6H3. The van der Waals surface area contributed by atoms with Crippen molar-refractivity contribution in [3.63, 3.8) is 0 Å². The minimum Gasteiger partial charge on any atom is -0.465 e. The molecule has 0 aromatic heterocycles. The van der Waals surface area contributed by atoms with Gasteiger partial charge in [-0.15, -0.1) is 0 Å². The van der Waals surface area contributed by atoms with Crippen LogP contribution in [0.4, 0.5) is 0 Å². The summed E-state index contributed by atoms with van der Waals surface area (Å²) < 4.78 is 10.7. The van der Waals surface area contributed by atoms with Gasteiger partial charge in [-0.3, -0.25) is 4.79 Å². The lowest BCUT2D eigenvalue weighted by molar-refractivity contribution is -0.152. The van der Waals surface area contributed by atoms with E-state index in [1.54, 1.807) is 6.08 Å². The van der Waals surface area contributed by atoms with Gasteiger partial charge in [0.15, 0.2) is 0 Å². The van der Waals surface area contributed by atoms with Gasteiger partial charge in [0, 0.05) is 0 Å². The van der Waals surface area contributed by atoms with Crippen LogP contribution in [0.25, 0.3) is 0 Å². The molecule has 1 aliphatic rings. The number of hydrogen-bond acceptors (Lipinski definition) is 4. The van der Waals surface area contributed by atoms with Crippen LogP contribution < -0.4 is 0 Å². The Morgan fingerprint density at radius 2 is 1.70 bits per heavy atom. The highest BCUT2D eigenvalue weighted by Crippen LogP contribution is 2.34. The second-order valence-electron chi connectivity index (χ2n) is 7.74. The maximum Gasteiger partial charge on any atom is 0.334 e. The second kappa shape index (κ2) is 8.32. The van der Waals surface area contributed by atoms with Crippen molar-refractivity contribution in [1.82, 2.24) is 0 Å². The van der Waals surface area contributed by atoms with Crippen molar-refractivity contribution in [2.24, 2.45) is 23.2 Å². The monoisotopic (exact) mass is 322 g/mol. The van der Waals surface area contributed by atoms with Crippen LogP contribution in [0.3, 0.4) is 0 Å². The predicted octanol–water partition coefficient (Wildman–Crippen LogP) is 3.91. The molecule has 1 atom stereocenters. The molecule has 0 aromatic rings. The van der Waals surface area contributed by atoms with E-state index in [1.165, 1.54) is 0 Å². The maximum absolute atomic E-state index is 12.5. The summed E-state index contributed by atoms with van der Waals surface area (Å²) in [6.07, 6.45) is 6.07. The molecule has 0 saturated heterocycles. The fraction of sp³-hybridized carbons (Fsp3) is 0.684. The zero-order valence-electron chi connectivity index (χ0n) is 15.2. The van der Waals surface area contributed by atoms with Crippen molar-refractivity contribution in [1.29, 1.82) is 0 Å². The zero-order valence-corrected chi connectivity index (χ0v) is 15.2. The summed E-state index contributed by atoms with van der Waals surface area (Å²) in [6.45, 7) is 12.7. The molecule has 1 rings (SSSR count). The van der Waals surface area contributed by atoms with Gasteiger partial charge in [0.1, 0.15) is 0 Å². The van der Waals surface area contributed by atoms with E-state index in [9.17, 15) is 9.59 Å². The summed E-state index contributed by atoms with van der Waals surface area (Å²) in [4.78, 5) is 24.9. The third kappa shape index (κ3) is 6.59. The molecule has 0 amide bonds. The SMILES string of the molecule is CC(C)COC(=O)C1=CC=CC(C)(C)CC1C(=O)OCC(C)C. The van der Waals surface area contributed by atoms with E-state index in [2.05, 4.69) is 0 Å². The van der Waals surface area contributed by atoms with E-state index >= 15 is 0 Å². The molecule has 0 aliphatic heterocycles. The van der Waals surface area contributed by atoms with Gasteiger partial charge in [-0.2, -0.15) is 0 Å². The largest absolute Gasteiger partial charge is 0.465 e. The van der Waals surface area contributed by atoms with E-state index in [-0.39, 0.29) is 23.2 Å². The Labute approximate surface area is 139 Å². The quantitative estimate of drug-likeness (QED) is 0.696. The second-order valence-corrected chi connectivity index (χ2v) is 7.74. The molecule has 4 nitrogen and oxygen atoms in total. The number of hydrogen-bond donors (Lipinski definition) is 0. The Hall–Kier alpha value is -1.58. The first kappa shape index (κ1) is 19.5. The zero-order chi connectivity index (χ0) is 17.6. The molecule has 0 spiro atoms. The topological polar surface area (TPSA) is 52.6 Å². The molecule has 130 valence electrons. The number of esters is 2. The Morgan fingerprint density at radius 1 is 1.13 bits per heavy atom. The average molecular weight is 322 g/mol. The van der Waals surface area contributed by atoms with Crippen LogP contribution in [0.2, 0.25) is 0 Å². The molecule has 0 aromatic carbocycles. The lowest BCUT2D eigenvalue weighted by Crippen LogP contribution is -2.29. The minimum absolute atomic E-state index is 0.182. The van der Waals surface area contributed by atoms with Gasteiger partial charge < -0.3 is 9.47 Å². The lowest BCUT2D eigenvalue weighted by Gasteiger charge is -2.25. The number of allylic oxidation sites excluding steroid dienone is 3. The molecule has 23 heavy (non-hydrogen) atoms. The molecule has 0 bridgehead atoms. The molecule has 4 heteroatoms. The molecular weight excluding hydrogens is 292 g/mol. The summed E-state index contributed by atoms with van der Waals surface area (Å²) in [6, 6.07) is 0. The van der Waals surface area contributed by atoms with Gasteiger partial charge in [0.25, 0.3) is 0 Å². The van der Waals surface area contributed by atoms with Crippen LogP contribution in [0.15, 0.2) is 23.8 Å². The van der Waals surface area contributed by atoms with Crippen LogP contribution in [-0.2, 0) is 19.1 Å². The van der Waals surface area contributed by atoms with Crippen molar-refractivity contribution < 1.29 is 19.1 Å². The Morgan fingerprint density at radius 3 is 2.26 bits per heavy atom. The molecule has 0 fully saturated rings. The third-order valence-electron chi connectivity index (χ3n) is 3.56. The Balaban J connectivity index is 2.93. The van der Waals surface area contributed by atoms with E-state index in [0.29, 0.717) is 25.2 Å². The van der Waals surface area contributed by atoms with Crippen molar-refractivity contribution in [3.05, 3.63) is 23.8 Å². The molecule has 0 radical (unpaired) electrons. The number of ether oxygens (including phenoxy) is 2. The van der Waals surface area contributed by atoms with Gasteiger partial charge in [0.2, 0.25) is 0 Å². The van der Waals surface area contributed by atoms with Crippen molar-refractivity contribution in [2.75, 3.05) is 13.2 Å². The van der Waals surface area contributed by atoms with Gasteiger partial charge in [-0.05, 0) is 23.7 Å². The summed E-state index contributed by atoms with van der Waals surface area (Å²) in [5.74, 6) is -0.839. The Bertz CT molecular complexity index is 484. The molecule has 1 aliphatic carbocycles. The van der Waals surface area contributed by atoms with Crippen LogP contribution >= 0.6 is 0 Å². The fourth-order valence-corrected chi connectivity index (χ4v) is 2.33. The fourth-order valence-electron chi connectivity index (χ4n) is 2.33. The first-order valence-electron chi connectivity index (χ1n) is 8.35. The first-order valence-corrected chi connectivity index (χ1v) is 8.35. The summed E-state index contributed by atoms with van der Waals surface area (Å²) in [5.41, 5.74) is 0.208. The molecule has 0 saturated carbocycles. The van der Waals surface area contributed by atoms with Gasteiger partial charge in [0.05, 0.1) is 24.7 Å². The number of carbonyl (C=O) groups is 2. The molecule has 0 N–H and O–H groups in total. The maximum atomic E-state index is 12.5. The van der Waals surface area contributed by atoms with E-state index in [4.69, 9.17) is 9.47 Å². The summed E-state index contributed by atoms with van der Waals surface area (Å²) in [7, 11) is 0. The van der Waals surface area contributed by atoms with E-state index < -0.39 is 11.9 Å². The van der Waals surface area contributed by atoms with Crippen LogP contribution in [0.1, 0.15) is 48.0 Å². The summed E-state index contributed by atoms with van der Waals surface area (Å²) >= 11 is 0. The van der Waals surface area contributed by atoms with Crippen LogP contribution in [0.5, 0.6) is 0 Å². The van der Waals surface area contributed by atoms with E-state index in [0.717, 1.165) is 0 Å². The normalized spacial score (nSPS) is 20.2. The van der Waals surface area contributed by atoms with Crippen molar-refractivity contribution in [2.45, 2.75) is 48.0 Å². The van der Waals surface area contributed by atoms with Crippen molar-refractivity contribution >= 4 is 11.9 Å². The highest BCUT2D eigenvalue weighted by Gasteiger charge is 2.35. The van der Waals surface area contributed by atoms with Gasteiger partial charge in [-0.1, -0.05) is 59.8 Å². The average Bonchev–Trinajstić information content (AvgIpc) is 2.60. The van der Waals surface area contributed by atoms with Crippen LogP contribution in [-0.4, -0.2) is 25.2 Å². The Kier molecular flexibility index (Phi) is 7.04. The smallest absolute Gasteiger partial charge is 0.334 e. The molecular formula is C19H30O4. The van der Waals surface area contributed by atoms with Crippen molar-refractivity contribution in [3.8, 4) is 0 Å². The van der Waals surface area contributed by atoms with E-state index in [1.807, 2.05) is 53.7 Å². The first-order chi connectivity index (χ1) is 10.6.